The van der Waals surface area contributed by atoms with Gasteiger partial charge in [-0.25, -0.2) is 0 Å². The molecule has 0 unspecified atom stereocenters. The van der Waals surface area contributed by atoms with Crippen molar-refractivity contribution in [2.75, 3.05) is 13.1 Å². The van der Waals surface area contributed by atoms with Gasteiger partial charge in [0.1, 0.15) is 6.04 Å². The fourth-order valence-electron chi connectivity index (χ4n) is 3.09. The van der Waals surface area contributed by atoms with Crippen molar-refractivity contribution in [3.8, 4) is 0 Å². The molecule has 2 amide bonds. The minimum atomic E-state index is -0.487. The Balaban J connectivity index is 2.08. The lowest BCUT2D eigenvalue weighted by atomic mass is 10.1. The SMILES string of the molecule is CCCCNC(=O)[C@@H](C)N(CCc1ccccc1)C(=O)Cc1ccc(C)cc1. The van der Waals surface area contributed by atoms with Crippen molar-refractivity contribution in [3.63, 3.8) is 0 Å². The van der Waals surface area contributed by atoms with Gasteiger partial charge in [-0.05, 0) is 37.8 Å². The van der Waals surface area contributed by atoms with E-state index in [0.29, 0.717) is 19.5 Å². The van der Waals surface area contributed by atoms with Crippen LogP contribution in [0.15, 0.2) is 54.6 Å². The van der Waals surface area contributed by atoms with Gasteiger partial charge in [0.25, 0.3) is 0 Å². The second kappa shape index (κ2) is 11.3. The monoisotopic (exact) mass is 380 g/mol. The summed E-state index contributed by atoms with van der Waals surface area (Å²) in [6.07, 6.45) is 3.01. The maximum absolute atomic E-state index is 13.0. The van der Waals surface area contributed by atoms with Gasteiger partial charge in [0.05, 0.1) is 6.42 Å². The lowest BCUT2D eigenvalue weighted by molar-refractivity contribution is -0.139. The molecular weight excluding hydrogens is 348 g/mol. The van der Waals surface area contributed by atoms with Crippen molar-refractivity contribution in [2.24, 2.45) is 0 Å². The normalized spacial score (nSPS) is 11.7. The Morgan fingerprint density at radius 1 is 1.00 bits per heavy atom. The van der Waals surface area contributed by atoms with Crippen molar-refractivity contribution in [3.05, 3.63) is 71.3 Å². The van der Waals surface area contributed by atoms with E-state index in [-0.39, 0.29) is 11.8 Å². The summed E-state index contributed by atoms with van der Waals surface area (Å²) < 4.78 is 0. The van der Waals surface area contributed by atoms with Gasteiger partial charge < -0.3 is 10.2 Å². The van der Waals surface area contributed by atoms with Gasteiger partial charge in [0, 0.05) is 13.1 Å². The van der Waals surface area contributed by atoms with E-state index in [9.17, 15) is 9.59 Å². The molecule has 1 atom stereocenters. The smallest absolute Gasteiger partial charge is 0.242 e. The van der Waals surface area contributed by atoms with Gasteiger partial charge in [-0.2, -0.15) is 0 Å². The van der Waals surface area contributed by atoms with E-state index in [1.165, 1.54) is 5.56 Å². The molecule has 0 fully saturated rings. The molecule has 2 aromatic rings. The first-order valence-corrected chi connectivity index (χ1v) is 10.2. The van der Waals surface area contributed by atoms with Crippen LogP contribution in [0.5, 0.6) is 0 Å². The molecule has 0 aliphatic heterocycles. The highest BCUT2D eigenvalue weighted by Crippen LogP contribution is 2.11. The molecular formula is C24H32N2O2. The van der Waals surface area contributed by atoms with E-state index in [4.69, 9.17) is 0 Å². The Morgan fingerprint density at radius 2 is 1.68 bits per heavy atom. The van der Waals surface area contributed by atoms with Crippen LogP contribution in [0.25, 0.3) is 0 Å². The number of rotatable bonds is 10. The third-order valence-corrected chi connectivity index (χ3v) is 4.96. The first-order valence-electron chi connectivity index (χ1n) is 10.2. The van der Waals surface area contributed by atoms with Crippen LogP contribution in [0.3, 0.4) is 0 Å². The molecule has 0 saturated carbocycles. The van der Waals surface area contributed by atoms with Gasteiger partial charge in [0.15, 0.2) is 0 Å². The first-order chi connectivity index (χ1) is 13.5. The van der Waals surface area contributed by atoms with Crippen LogP contribution >= 0.6 is 0 Å². The predicted molar refractivity (Wildman–Crippen MR) is 114 cm³/mol. The minimum absolute atomic E-state index is 0.0158. The molecule has 0 aliphatic carbocycles. The molecule has 0 aliphatic rings. The number of hydrogen-bond donors (Lipinski definition) is 1. The Morgan fingerprint density at radius 3 is 2.32 bits per heavy atom. The first kappa shape index (κ1) is 21.7. The number of hydrogen-bond acceptors (Lipinski definition) is 2. The van der Waals surface area contributed by atoms with Crippen LogP contribution in [0.1, 0.15) is 43.4 Å². The summed E-state index contributed by atoms with van der Waals surface area (Å²) in [5.41, 5.74) is 3.30. The molecule has 0 bridgehead atoms. The summed E-state index contributed by atoms with van der Waals surface area (Å²) in [6, 6.07) is 17.6. The second-order valence-electron chi connectivity index (χ2n) is 7.31. The van der Waals surface area contributed by atoms with Crippen LogP contribution in [0.2, 0.25) is 0 Å². The predicted octanol–water partition coefficient (Wildman–Crippen LogP) is 3.91. The lowest BCUT2D eigenvalue weighted by Gasteiger charge is -2.29. The van der Waals surface area contributed by atoms with Gasteiger partial charge in [-0.3, -0.25) is 9.59 Å². The Labute approximate surface area is 169 Å². The standard InChI is InChI=1S/C24H32N2O2/c1-4-5-16-25-24(28)20(3)26(17-15-21-9-7-6-8-10-21)23(27)18-22-13-11-19(2)12-14-22/h6-14,20H,4-5,15-18H2,1-3H3,(H,25,28)/t20-/m1/s1. The topological polar surface area (TPSA) is 49.4 Å². The van der Waals surface area contributed by atoms with E-state index >= 15 is 0 Å². The molecule has 4 heteroatoms. The van der Waals surface area contributed by atoms with Crippen LogP contribution in [0, 0.1) is 6.92 Å². The summed E-state index contributed by atoms with van der Waals surface area (Å²) in [6.45, 7) is 7.11. The molecule has 150 valence electrons. The van der Waals surface area contributed by atoms with Crippen molar-refractivity contribution < 1.29 is 9.59 Å². The molecule has 0 radical (unpaired) electrons. The van der Waals surface area contributed by atoms with Crippen LogP contribution < -0.4 is 5.32 Å². The molecule has 0 aromatic heterocycles. The maximum atomic E-state index is 13.0. The summed E-state index contributed by atoms with van der Waals surface area (Å²) in [7, 11) is 0. The molecule has 28 heavy (non-hydrogen) atoms. The molecule has 4 nitrogen and oxygen atoms in total. The minimum Gasteiger partial charge on any atom is -0.354 e. The fraction of sp³-hybridized carbons (Fsp3) is 0.417. The number of amides is 2. The van der Waals surface area contributed by atoms with Crippen molar-refractivity contribution in [1.29, 1.82) is 0 Å². The van der Waals surface area contributed by atoms with E-state index in [0.717, 1.165) is 30.4 Å². The van der Waals surface area contributed by atoms with E-state index in [1.54, 1.807) is 4.90 Å². The molecule has 0 spiro atoms. The van der Waals surface area contributed by atoms with Gasteiger partial charge in [0.2, 0.25) is 11.8 Å². The van der Waals surface area contributed by atoms with Crippen LogP contribution in [0.4, 0.5) is 0 Å². The van der Waals surface area contributed by atoms with E-state index < -0.39 is 6.04 Å². The summed E-state index contributed by atoms with van der Waals surface area (Å²) in [4.78, 5) is 27.3. The number of nitrogens with zero attached hydrogens (tertiary/aromatic N) is 1. The number of nitrogens with one attached hydrogen (secondary N) is 1. The van der Waals surface area contributed by atoms with Crippen LogP contribution in [-0.4, -0.2) is 35.8 Å². The number of aryl methyl sites for hydroxylation is 1. The van der Waals surface area contributed by atoms with Crippen molar-refractivity contribution in [2.45, 2.75) is 52.5 Å². The Bertz CT molecular complexity index is 741. The molecule has 2 rings (SSSR count). The zero-order chi connectivity index (χ0) is 20.4. The number of carbonyl (C=O) groups is 2. The average molecular weight is 381 g/mol. The molecule has 0 heterocycles. The van der Waals surface area contributed by atoms with Gasteiger partial charge >= 0.3 is 0 Å². The summed E-state index contributed by atoms with van der Waals surface area (Å²) in [5, 5.41) is 2.96. The summed E-state index contributed by atoms with van der Waals surface area (Å²) >= 11 is 0. The molecule has 0 saturated heterocycles. The largest absolute Gasteiger partial charge is 0.354 e. The quantitative estimate of drug-likeness (QED) is 0.635. The highest BCUT2D eigenvalue weighted by Gasteiger charge is 2.25. The average Bonchev–Trinajstić information content (AvgIpc) is 2.70. The number of carbonyl (C=O) groups excluding carboxylic acids is 2. The van der Waals surface area contributed by atoms with Gasteiger partial charge in [-0.1, -0.05) is 73.5 Å². The third-order valence-electron chi connectivity index (χ3n) is 4.96. The maximum Gasteiger partial charge on any atom is 0.242 e. The Hall–Kier alpha value is -2.62. The number of benzene rings is 2. The van der Waals surface area contributed by atoms with E-state index in [1.807, 2.05) is 56.3 Å². The molecule has 1 N–H and O–H groups in total. The zero-order valence-electron chi connectivity index (χ0n) is 17.3. The lowest BCUT2D eigenvalue weighted by Crippen LogP contribution is -2.49. The van der Waals surface area contributed by atoms with Gasteiger partial charge in [-0.15, -0.1) is 0 Å². The van der Waals surface area contributed by atoms with Crippen molar-refractivity contribution in [1.82, 2.24) is 10.2 Å². The number of unbranched alkanes of at least 4 members (excludes halogenated alkanes) is 1. The highest BCUT2D eigenvalue weighted by atomic mass is 16.2. The third kappa shape index (κ3) is 6.84. The second-order valence-corrected chi connectivity index (χ2v) is 7.31. The molecule has 2 aromatic carbocycles. The van der Waals surface area contributed by atoms with Crippen LogP contribution in [-0.2, 0) is 22.4 Å². The Kier molecular flexibility index (Phi) is 8.73. The fourth-order valence-corrected chi connectivity index (χ4v) is 3.09. The zero-order valence-corrected chi connectivity index (χ0v) is 17.3. The highest BCUT2D eigenvalue weighted by molar-refractivity contribution is 5.88. The van der Waals surface area contributed by atoms with E-state index in [2.05, 4.69) is 24.4 Å². The van der Waals surface area contributed by atoms with Crippen molar-refractivity contribution >= 4 is 11.8 Å². The summed E-state index contributed by atoms with van der Waals surface area (Å²) in [5.74, 6) is -0.100.